The van der Waals surface area contributed by atoms with Crippen molar-refractivity contribution in [3.05, 3.63) is 29.8 Å². The molecular weight excluding hydrogens is 230 g/mol. The Morgan fingerprint density at radius 3 is 2.67 bits per heavy atom. The fourth-order valence-corrected chi connectivity index (χ4v) is 1.83. The second kappa shape index (κ2) is 5.10. The van der Waals surface area contributed by atoms with E-state index in [0.29, 0.717) is 5.88 Å². The van der Waals surface area contributed by atoms with E-state index in [-0.39, 0.29) is 0 Å². The van der Waals surface area contributed by atoms with Gasteiger partial charge in [0.25, 0.3) is 0 Å². The number of methoxy groups -OCH3 is 1. The van der Waals surface area contributed by atoms with Crippen LogP contribution in [0.1, 0.15) is 5.56 Å². The van der Waals surface area contributed by atoms with E-state index in [1.165, 1.54) is 0 Å². The Labute approximate surface area is 106 Å². The molecule has 1 aromatic heterocycles. The van der Waals surface area contributed by atoms with Crippen LogP contribution in [-0.2, 0) is 6.54 Å². The predicted molar refractivity (Wildman–Crippen MR) is 70.3 cm³/mol. The lowest BCUT2D eigenvalue weighted by Crippen LogP contribution is -2.11. The minimum absolute atomic E-state index is 0.315. The molecule has 0 aliphatic carbocycles. The van der Waals surface area contributed by atoms with Crippen molar-refractivity contribution in [2.24, 2.45) is 0 Å². The molecular formula is C13H17N3O2. The molecule has 0 radical (unpaired) electrons. The summed E-state index contributed by atoms with van der Waals surface area (Å²) < 4.78 is 10.2. The summed E-state index contributed by atoms with van der Waals surface area (Å²) in [4.78, 5) is 2.08. The Hall–Kier alpha value is -2.01. The van der Waals surface area contributed by atoms with Crippen LogP contribution in [0, 0.1) is 0 Å². The van der Waals surface area contributed by atoms with E-state index >= 15 is 0 Å². The van der Waals surface area contributed by atoms with Crippen LogP contribution in [0.3, 0.4) is 0 Å². The van der Waals surface area contributed by atoms with E-state index < -0.39 is 0 Å². The zero-order valence-corrected chi connectivity index (χ0v) is 10.8. The van der Waals surface area contributed by atoms with Crippen LogP contribution in [0.5, 0.6) is 5.75 Å². The molecule has 18 heavy (non-hydrogen) atoms. The maximum absolute atomic E-state index is 5.53. The van der Waals surface area contributed by atoms with Gasteiger partial charge in [0.05, 0.1) is 7.11 Å². The number of hydrogen-bond acceptors (Lipinski definition) is 5. The number of rotatable bonds is 4. The van der Waals surface area contributed by atoms with Gasteiger partial charge in [0, 0.05) is 23.7 Å². The van der Waals surface area contributed by atoms with Gasteiger partial charge < -0.3 is 19.9 Å². The maximum Gasteiger partial charge on any atom is 0.222 e. The first-order valence-corrected chi connectivity index (χ1v) is 5.64. The Morgan fingerprint density at radius 1 is 1.33 bits per heavy atom. The Morgan fingerprint density at radius 2 is 2.11 bits per heavy atom. The molecule has 96 valence electrons. The van der Waals surface area contributed by atoms with Crippen molar-refractivity contribution in [1.82, 2.24) is 10.1 Å². The first-order valence-electron chi connectivity index (χ1n) is 5.64. The molecule has 1 aromatic carbocycles. The van der Waals surface area contributed by atoms with Crippen molar-refractivity contribution in [3.63, 3.8) is 0 Å². The number of nitrogens with two attached hydrogens (primary N) is 1. The molecule has 5 nitrogen and oxygen atoms in total. The van der Waals surface area contributed by atoms with Gasteiger partial charge >= 0.3 is 0 Å². The first kappa shape index (κ1) is 12.4. The molecule has 0 bridgehead atoms. The molecule has 5 heteroatoms. The molecule has 0 amide bonds. The van der Waals surface area contributed by atoms with E-state index in [1.54, 1.807) is 13.2 Å². The van der Waals surface area contributed by atoms with Gasteiger partial charge in [0.1, 0.15) is 11.4 Å². The third kappa shape index (κ3) is 2.62. The highest BCUT2D eigenvalue weighted by Crippen LogP contribution is 2.27. The number of anilines is 1. The van der Waals surface area contributed by atoms with Crippen molar-refractivity contribution >= 4 is 5.88 Å². The average molecular weight is 247 g/mol. The summed E-state index contributed by atoms with van der Waals surface area (Å²) in [7, 11) is 5.70. The molecule has 2 aromatic rings. The van der Waals surface area contributed by atoms with Crippen molar-refractivity contribution in [2.45, 2.75) is 6.54 Å². The maximum atomic E-state index is 5.53. The molecule has 0 fully saturated rings. The third-order valence-corrected chi connectivity index (χ3v) is 2.59. The fourth-order valence-electron chi connectivity index (χ4n) is 1.83. The number of hydrogen-bond donors (Lipinski definition) is 1. The molecule has 0 unspecified atom stereocenters. The zero-order valence-electron chi connectivity index (χ0n) is 10.8. The summed E-state index contributed by atoms with van der Waals surface area (Å²) in [5.74, 6) is 1.18. The van der Waals surface area contributed by atoms with Crippen molar-refractivity contribution < 1.29 is 9.26 Å². The van der Waals surface area contributed by atoms with Crippen LogP contribution >= 0.6 is 0 Å². The van der Waals surface area contributed by atoms with Crippen LogP contribution in [-0.4, -0.2) is 31.3 Å². The molecule has 2 rings (SSSR count). The summed E-state index contributed by atoms with van der Waals surface area (Å²) >= 11 is 0. The number of ether oxygens (including phenoxy) is 1. The number of benzene rings is 1. The fraction of sp³-hybridized carbons (Fsp3) is 0.308. The second-order valence-electron chi connectivity index (χ2n) is 4.38. The molecule has 0 atom stereocenters. The van der Waals surface area contributed by atoms with Gasteiger partial charge in [0.2, 0.25) is 5.88 Å². The molecule has 1 heterocycles. The summed E-state index contributed by atoms with van der Waals surface area (Å²) in [6, 6.07) is 7.62. The van der Waals surface area contributed by atoms with Crippen molar-refractivity contribution in [2.75, 3.05) is 26.9 Å². The lowest BCUT2D eigenvalue weighted by atomic mass is 10.1. The second-order valence-corrected chi connectivity index (χ2v) is 4.38. The predicted octanol–water partition coefficient (Wildman–Crippen LogP) is 1.99. The minimum atomic E-state index is 0.315. The Balaban J connectivity index is 2.38. The minimum Gasteiger partial charge on any atom is -0.496 e. The highest BCUT2D eigenvalue weighted by molar-refractivity contribution is 5.63. The van der Waals surface area contributed by atoms with Crippen LogP contribution in [0.2, 0.25) is 0 Å². The molecule has 2 N–H and O–H groups in total. The summed E-state index contributed by atoms with van der Waals surface area (Å²) in [5, 5.41) is 3.91. The lowest BCUT2D eigenvalue weighted by Gasteiger charge is -2.14. The van der Waals surface area contributed by atoms with Gasteiger partial charge in [-0.05, 0) is 32.3 Å². The van der Waals surface area contributed by atoms with E-state index in [4.69, 9.17) is 15.0 Å². The largest absolute Gasteiger partial charge is 0.496 e. The third-order valence-electron chi connectivity index (χ3n) is 2.59. The van der Waals surface area contributed by atoms with E-state index in [9.17, 15) is 0 Å². The van der Waals surface area contributed by atoms with E-state index in [0.717, 1.165) is 29.1 Å². The van der Waals surface area contributed by atoms with Gasteiger partial charge in [-0.15, -0.1) is 0 Å². The average Bonchev–Trinajstić information content (AvgIpc) is 2.75. The zero-order chi connectivity index (χ0) is 13.1. The molecule has 0 aliphatic rings. The van der Waals surface area contributed by atoms with Crippen LogP contribution in [0.15, 0.2) is 28.8 Å². The molecule has 0 aliphatic heterocycles. The van der Waals surface area contributed by atoms with Gasteiger partial charge in [-0.3, -0.25) is 0 Å². The van der Waals surface area contributed by atoms with E-state index in [1.807, 2.05) is 32.3 Å². The number of aromatic nitrogens is 1. The lowest BCUT2D eigenvalue weighted by molar-refractivity contribution is 0.372. The highest BCUT2D eigenvalue weighted by atomic mass is 16.5. The van der Waals surface area contributed by atoms with Crippen LogP contribution in [0.25, 0.3) is 11.3 Å². The first-order chi connectivity index (χ1) is 8.60. The Kier molecular flexibility index (Phi) is 3.53. The van der Waals surface area contributed by atoms with Gasteiger partial charge in [-0.1, -0.05) is 5.16 Å². The molecule has 0 spiro atoms. The van der Waals surface area contributed by atoms with Crippen molar-refractivity contribution in [3.8, 4) is 17.0 Å². The molecule has 0 saturated carbocycles. The molecule has 0 saturated heterocycles. The standard InChI is InChI=1S/C13H17N3O2/c1-16(2)8-10-6-9(4-5-12(10)17-3)11-7-13(14)18-15-11/h4-7H,8,14H2,1-3H3. The van der Waals surface area contributed by atoms with Gasteiger partial charge in [0.15, 0.2) is 0 Å². The van der Waals surface area contributed by atoms with Gasteiger partial charge in [-0.25, -0.2) is 0 Å². The van der Waals surface area contributed by atoms with Gasteiger partial charge in [-0.2, -0.15) is 0 Å². The Bertz CT molecular complexity index is 535. The van der Waals surface area contributed by atoms with Crippen LogP contribution < -0.4 is 10.5 Å². The number of nitrogens with zero attached hydrogens (tertiary/aromatic N) is 2. The van der Waals surface area contributed by atoms with E-state index in [2.05, 4.69) is 10.1 Å². The summed E-state index contributed by atoms with van der Waals surface area (Å²) in [5.41, 5.74) is 8.32. The summed E-state index contributed by atoms with van der Waals surface area (Å²) in [6.07, 6.45) is 0. The quantitative estimate of drug-likeness (QED) is 0.895. The highest BCUT2D eigenvalue weighted by Gasteiger charge is 2.09. The summed E-state index contributed by atoms with van der Waals surface area (Å²) in [6.45, 7) is 0.796. The monoisotopic (exact) mass is 247 g/mol. The topological polar surface area (TPSA) is 64.5 Å². The van der Waals surface area contributed by atoms with Crippen molar-refractivity contribution in [1.29, 1.82) is 0 Å². The SMILES string of the molecule is COc1ccc(-c2cc(N)on2)cc1CN(C)C. The number of nitrogen functional groups attached to an aromatic ring is 1. The smallest absolute Gasteiger partial charge is 0.222 e. The van der Waals surface area contributed by atoms with Crippen LogP contribution in [0.4, 0.5) is 5.88 Å². The normalized spacial score (nSPS) is 10.9.